The van der Waals surface area contributed by atoms with Crippen LogP contribution in [-0.4, -0.2) is 36.9 Å². The van der Waals surface area contributed by atoms with Crippen molar-refractivity contribution < 1.29 is 4.74 Å². The largest absolute Gasteiger partial charge is 0.376 e. The van der Waals surface area contributed by atoms with E-state index in [1.807, 2.05) is 19.1 Å². The van der Waals surface area contributed by atoms with Gasteiger partial charge < -0.3 is 4.74 Å². The summed E-state index contributed by atoms with van der Waals surface area (Å²) in [5.74, 6) is 0.454. The summed E-state index contributed by atoms with van der Waals surface area (Å²) in [5.41, 5.74) is 1.88. The number of aryl methyl sites for hydroxylation is 1. The van der Waals surface area contributed by atoms with Gasteiger partial charge in [0.05, 0.1) is 18.3 Å². The van der Waals surface area contributed by atoms with Crippen molar-refractivity contribution in [2.45, 2.75) is 43.3 Å². The molecule has 1 N–H and O–H groups in total. The second kappa shape index (κ2) is 7.08. The van der Waals surface area contributed by atoms with E-state index in [4.69, 9.17) is 4.74 Å². The highest BCUT2D eigenvalue weighted by Gasteiger charge is 2.20. The Morgan fingerprint density at radius 2 is 2.31 bits per heavy atom. The fourth-order valence-corrected chi connectivity index (χ4v) is 3.94. The first-order chi connectivity index (χ1) is 12.6. The Labute approximate surface area is 153 Å². The topological polar surface area (TPSA) is 94.3 Å². The number of nitrogens with zero attached hydrogens (tertiary/aromatic N) is 4. The molecule has 0 saturated carbocycles. The van der Waals surface area contributed by atoms with Gasteiger partial charge in [-0.3, -0.25) is 13.8 Å². The summed E-state index contributed by atoms with van der Waals surface area (Å²) in [4.78, 5) is 28.9. The number of aromatic amines is 1. The third-order valence-corrected chi connectivity index (χ3v) is 5.43. The molecule has 1 saturated heterocycles. The molecule has 1 aliphatic rings. The molecule has 3 aromatic heterocycles. The Morgan fingerprint density at radius 1 is 1.42 bits per heavy atom. The number of hydrogen-bond acceptors (Lipinski definition) is 6. The summed E-state index contributed by atoms with van der Waals surface area (Å²) in [7, 11) is 0. The van der Waals surface area contributed by atoms with Gasteiger partial charge in [0.25, 0.3) is 5.56 Å². The Morgan fingerprint density at radius 3 is 3.12 bits per heavy atom. The second-order valence-electron chi connectivity index (χ2n) is 6.32. The maximum Gasteiger partial charge on any atom is 0.344 e. The van der Waals surface area contributed by atoms with Gasteiger partial charge in [-0.25, -0.2) is 14.9 Å². The average Bonchev–Trinajstić information content (AvgIpc) is 3.26. The van der Waals surface area contributed by atoms with E-state index < -0.39 is 0 Å². The zero-order chi connectivity index (χ0) is 18.1. The van der Waals surface area contributed by atoms with Crippen molar-refractivity contribution in [3.63, 3.8) is 0 Å². The fourth-order valence-electron chi connectivity index (χ4n) is 3.09. The second-order valence-corrected chi connectivity index (χ2v) is 7.26. The van der Waals surface area contributed by atoms with Gasteiger partial charge in [-0.15, -0.1) is 5.10 Å². The highest BCUT2D eigenvalue weighted by Crippen LogP contribution is 2.21. The van der Waals surface area contributed by atoms with Gasteiger partial charge in [-0.2, -0.15) is 0 Å². The number of H-pyrrole nitrogens is 1. The van der Waals surface area contributed by atoms with Gasteiger partial charge in [0.15, 0.2) is 5.16 Å². The van der Waals surface area contributed by atoms with E-state index in [0.717, 1.165) is 25.0 Å². The molecule has 3 aromatic rings. The molecule has 4 heterocycles. The molecule has 26 heavy (non-hydrogen) atoms. The molecular weight excluding hydrogens is 354 g/mol. The molecule has 1 fully saturated rings. The Bertz CT molecular complexity index is 1050. The first kappa shape index (κ1) is 17.0. The van der Waals surface area contributed by atoms with E-state index in [9.17, 15) is 9.59 Å². The molecule has 0 bridgehead atoms. The summed E-state index contributed by atoms with van der Waals surface area (Å²) in [6.45, 7) is 3.15. The number of aromatic nitrogens is 5. The van der Waals surface area contributed by atoms with Crippen molar-refractivity contribution in [3.8, 4) is 0 Å². The SMILES string of the molecule is Cc1cccn2c(=O)cc(CSc3n[nH]c(=O)n3C[C@H]3CCCO3)nc12. The van der Waals surface area contributed by atoms with Gasteiger partial charge in [-0.05, 0) is 31.4 Å². The molecule has 0 aliphatic carbocycles. The first-order valence-corrected chi connectivity index (χ1v) is 9.48. The van der Waals surface area contributed by atoms with Crippen LogP contribution < -0.4 is 11.2 Å². The molecule has 0 radical (unpaired) electrons. The summed E-state index contributed by atoms with van der Waals surface area (Å²) < 4.78 is 8.74. The highest BCUT2D eigenvalue weighted by molar-refractivity contribution is 7.98. The van der Waals surface area contributed by atoms with Crippen molar-refractivity contribution in [3.05, 3.63) is 56.5 Å². The van der Waals surface area contributed by atoms with Crippen molar-refractivity contribution in [2.24, 2.45) is 0 Å². The molecule has 136 valence electrons. The monoisotopic (exact) mass is 373 g/mol. The van der Waals surface area contributed by atoms with Crippen molar-refractivity contribution in [1.29, 1.82) is 0 Å². The van der Waals surface area contributed by atoms with Gasteiger partial charge in [-0.1, -0.05) is 17.8 Å². The molecule has 0 unspecified atom stereocenters. The smallest absolute Gasteiger partial charge is 0.344 e. The van der Waals surface area contributed by atoms with Crippen LogP contribution in [0.2, 0.25) is 0 Å². The van der Waals surface area contributed by atoms with Crippen molar-refractivity contribution in [1.82, 2.24) is 24.1 Å². The lowest BCUT2D eigenvalue weighted by Crippen LogP contribution is -2.25. The quantitative estimate of drug-likeness (QED) is 0.679. The lowest BCUT2D eigenvalue weighted by atomic mass is 10.2. The van der Waals surface area contributed by atoms with Crippen LogP contribution in [0.1, 0.15) is 24.1 Å². The van der Waals surface area contributed by atoms with Gasteiger partial charge in [0.1, 0.15) is 5.65 Å². The predicted molar refractivity (Wildman–Crippen MR) is 97.6 cm³/mol. The van der Waals surface area contributed by atoms with Crippen LogP contribution in [0.4, 0.5) is 0 Å². The lowest BCUT2D eigenvalue weighted by Gasteiger charge is -2.11. The molecule has 8 nitrogen and oxygen atoms in total. The molecule has 9 heteroatoms. The lowest BCUT2D eigenvalue weighted by molar-refractivity contribution is 0.0941. The molecule has 0 spiro atoms. The van der Waals surface area contributed by atoms with E-state index in [1.54, 1.807) is 10.8 Å². The number of fused-ring (bicyclic) bond motifs is 1. The summed E-state index contributed by atoms with van der Waals surface area (Å²) >= 11 is 1.38. The van der Waals surface area contributed by atoms with Crippen LogP contribution >= 0.6 is 11.8 Å². The van der Waals surface area contributed by atoms with Crippen molar-refractivity contribution in [2.75, 3.05) is 6.61 Å². The highest BCUT2D eigenvalue weighted by atomic mass is 32.2. The van der Waals surface area contributed by atoms with E-state index in [2.05, 4.69) is 15.2 Å². The Hall–Kier alpha value is -2.39. The third kappa shape index (κ3) is 3.32. The zero-order valence-corrected chi connectivity index (χ0v) is 15.2. The van der Waals surface area contributed by atoms with E-state index >= 15 is 0 Å². The summed E-state index contributed by atoms with van der Waals surface area (Å²) in [6.07, 6.45) is 3.73. The zero-order valence-electron chi connectivity index (χ0n) is 14.3. The van der Waals surface area contributed by atoms with Gasteiger partial charge in [0.2, 0.25) is 0 Å². The molecule has 0 amide bonds. The van der Waals surface area contributed by atoms with Gasteiger partial charge >= 0.3 is 5.69 Å². The van der Waals surface area contributed by atoms with E-state index in [0.29, 0.717) is 28.8 Å². The molecule has 0 aromatic carbocycles. The minimum atomic E-state index is -0.245. The fraction of sp³-hybridized carbons (Fsp3) is 0.412. The minimum absolute atomic E-state index is 0.0516. The maximum absolute atomic E-state index is 12.3. The van der Waals surface area contributed by atoms with Crippen LogP contribution in [0, 0.1) is 6.92 Å². The van der Waals surface area contributed by atoms with Crippen LogP contribution in [0.15, 0.2) is 39.1 Å². The standard InChI is InChI=1S/C17H19N5O3S/c1-11-4-2-6-21-14(23)8-12(18-15(11)21)10-26-17-20-19-16(24)22(17)9-13-5-3-7-25-13/h2,4,6,8,13H,3,5,7,9-10H2,1H3,(H,19,24)/t13-/m1/s1. The molecule has 1 atom stereocenters. The normalized spacial score (nSPS) is 17.2. The predicted octanol–water partition coefficient (Wildman–Crippen LogP) is 1.36. The minimum Gasteiger partial charge on any atom is -0.376 e. The third-order valence-electron chi connectivity index (χ3n) is 4.42. The van der Waals surface area contributed by atoms with Gasteiger partial charge in [0, 0.05) is 24.6 Å². The first-order valence-electron chi connectivity index (χ1n) is 8.49. The number of pyridine rings is 1. The molecule has 1 aliphatic heterocycles. The van der Waals surface area contributed by atoms with Crippen LogP contribution in [0.3, 0.4) is 0 Å². The van der Waals surface area contributed by atoms with Crippen LogP contribution in [0.25, 0.3) is 5.65 Å². The van der Waals surface area contributed by atoms with E-state index in [-0.39, 0.29) is 17.4 Å². The Balaban J connectivity index is 1.56. The van der Waals surface area contributed by atoms with Crippen LogP contribution in [0.5, 0.6) is 0 Å². The van der Waals surface area contributed by atoms with Crippen molar-refractivity contribution >= 4 is 17.4 Å². The number of rotatable bonds is 5. The number of nitrogens with one attached hydrogen (secondary N) is 1. The molecular formula is C17H19N5O3S. The number of thioether (sulfide) groups is 1. The molecule has 4 rings (SSSR count). The summed E-state index contributed by atoms with van der Waals surface area (Å²) in [5, 5.41) is 7.17. The number of hydrogen-bond donors (Lipinski definition) is 1. The van der Waals surface area contributed by atoms with E-state index in [1.165, 1.54) is 22.2 Å². The number of ether oxygens (including phenoxy) is 1. The van der Waals surface area contributed by atoms with Crippen LogP contribution in [-0.2, 0) is 17.0 Å². The maximum atomic E-state index is 12.3. The average molecular weight is 373 g/mol. The Kier molecular flexibility index (Phi) is 4.64. The summed E-state index contributed by atoms with van der Waals surface area (Å²) in [6, 6.07) is 5.27.